The van der Waals surface area contributed by atoms with Crippen molar-refractivity contribution in [1.29, 1.82) is 0 Å². The molecule has 3 heterocycles. The molecule has 5 nitrogen and oxygen atoms in total. The lowest BCUT2D eigenvalue weighted by Crippen LogP contribution is -2.49. The van der Waals surface area contributed by atoms with Crippen LogP contribution in [-0.2, 0) is 16.0 Å². The number of aromatic amines is 1. The molecule has 2 unspecified atom stereocenters. The summed E-state index contributed by atoms with van der Waals surface area (Å²) in [5.74, 6) is 0.821. The van der Waals surface area contributed by atoms with Crippen LogP contribution < -0.4 is 5.32 Å². The van der Waals surface area contributed by atoms with Crippen LogP contribution in [0.4, 0.5) is 0 Å². The highest BCUT2D eigenvalue weighted by molar-refractivity contribution is 9.10. The zero-order valence-corrected chi connectivity index (χ0v) is 18.6. The number of ether oxygens (including phenoxy) is 1. The van der Waals surface area contributed by atoms with E-state index >= 15 is 0 Å². The summed E-state index contributed by atoms with van der Waals surface area (Å²) in [4.78, 5) is 18.6. The first-order valence-electron chi connectivity index (χ1n) is 11.0. The predicted molar refractivity (Wildman–Crippen MR) is 118 cm³/mol. The summed E-state index contributed by atoms with van der Waals surface area (Å²) < 4.78 is 6.93. The highest BCUT2D eigenvalue weighted by Gasteiger charge is 2.40. The molecule has 29 heavy (non-hydrogen) atoms. The van der Waals surface area contributed by atoms with Gasteiger partial charge in [-0.2, -0.15) is 0 Å². The topological polar surface area (TPSA) is 57.4 Å². The fourth-order valence-electron chi connectivity index (χ4n) is 5.75. The molecule has 4 atom stereocenters. The number of benzene rings is 1. The van der Waals surface area contributed by atoms with Crippen LogP contribution in [0.15, 0.2) is 22.8 Å². The molecule has 2 aliphatic heterocycles. The lowest BCUT2D eigenvalue weighted by Gasteiger charge is -2.45. The van der Waals surface area contributed by atoms with Crippen molar-refractivity contribution in [2.75, 3.05) is 26.7 Å². The number of carbonyl (C=O) groups excluding carboxylic acids is 1. The Hall–Kier alpha value is -1.37. The lowest BCUT2D eigenvalue weighted by molar-refractivity contribution is -0.148. The Morgan fingerprint density at radius 1 is 1.31 bits per heavy atom. The van der Waals surface area contributed by atoms with Crippen LogP contribution in [0.3, 0.4) is 0 Å². The molecule has 3 aliphatic rings. The molecule has 0 amide bonds. The first-order chi connectivity index (χ1) is 14.1. The molecule has 0 spiro atoms. The first kappa shape index (κ1) is 19.6. The molecule has 6 heteroatoms. The van der Waals surface area contributed by atoms with Crippen LogP contribution in [-0.4, -0.2) is 54.7 Å². The van der Waals surface area contributed by atoms with Gasteiger partial charge in [-0.1, -0.05) is 25.0 Å². The first-order valence-corrected chi connectivity index (χ1v) is 11.8. The fourth-order valence-corrected chi connectivity index (χ4v) is 6.32. The number of likely N-dealkylation sites (tertiary alicyclic amines) is 1. The fraction of sp³-hybridized carbons (Fsp3) is 0.609. The second-order valence-electron chi connectivity index (χ2n) is 9.09. The van der Waals surface area contributed by atoms with E-state index in [2.05, 4.69) is 56.4 Å². The summed E-state index contributed by atoms with van der Waals surface area (Å²) in [7, 11) is 2.23. The van der Waals surface area contributed by atoms with Gasteiger partial charge in [0.2, 0.25) is 0 Å². The Bertz CT molecular complexity index is 903. The molecule has 156 valence electrons. The van der Waals surface area contributed by atoms with Gasteiger partial charge in [-0.05, 0) is 72.4 Å². The quantitative estimate of drug-likeness (QED) is 0.681. The van der Waals surface area contributed by atoms with Crippen LogP contribution in [0.2, 0.25) is 0 Å². The number of nitrogens with zero attached hydrogens (tertiary/aromatic N) is 1. The number of nitrogens with one attached hydrogen (secondary N) is 2. The van der Waals surface area contributed by atoms with Crippen molar-refractivity contribution in [3.63, 3.8) is 0 Å². The van der Waals surface area contributed by atoms with Crippen molar-refractivity contribution in [3.05, 3.63) is 33.9 Å². The van der Waals surface area contributed by atoms with Gasteiger partial charge in [0.1, 0.15) is 6.04 Å². The molecular weight excluding hydrogens is 430 g/mol. The molecule has 5 rings (SSSR count). The van der Waals surface area contributed by atoms with E-state index in [1.165, 1.54) is 28.5 Å². The molecule has 1 aromatic carbocycles. The van der Waals surface area contributed by atoms with Crippen LogP contribution in [0, 0.1) is 5.92 Å². The van der Waals surface area contributed by atoms with E-state index in [1.54, 1.807) is 0 Å². The molecule has 1 aromatic heterocycles. The summed E-state index contributed by atoms with van der Waals surface area (Å²) in [5.41, 5.74) is 4.08. The number of aromatic nitrogens is 1. The maximum absolute atomic E-state index is 12.6. The third-order valence-electron chi connectivity index (χ3n) is 7.19. The molecule has 0 bridgehead atoms. The van der Waals surface area contributed by atoms with Crippen molar-refractivity contribution in [3.8, 4) is 0 Å². The van der Waals surface area contributed by atoms with Gasteiger partial charge in [0.25, 0.3) is 0 Å². The SMILES string of the molecule is CN1C[C@H](COC(=O)C2CCCCCN2)CC2c3cccc4[nH]c(Br)c(c34)C[C@H]21. The summed E-state index contributed by atoms with van der Waals surface area (Å²) in [5, 5.41) is 4.75. The second kappa shape index (κ2) is 8.05. The monoisotopic (exact) mass is 459 g/mol. The molecule has 0 radical (unpaired) electrons. The van der Waals surface area contributed by atoms with E-state index in [4.69, 9.17) is 4.74 Å². The molecule has 2 fully saturated rings. The minimum atomic E-state index is -0.116. The number of hydrogen-bond acceptors (Lipinski definition) is 4. The summed E-state index contributed by atoms with van der Waals surface area (Å²) >= 11 is 3.73. The van der Waals surface area contributed by atoms with Gasteiger partial charge in [0.15, 0.2) is 0 Å². The van der Waals surface area contributed by atoms with Crippen LogP contribution in [0.5, 0.6) is 0 Å². The van der Waals surface area contributed by atoms with Crippen LogP contribution >= 0.6 is 15.9 Å². The van der Waals surface area contributed by atoms with Crippen molar-refractivity contribution in [2.45, 2.75) is 56.5 Å². The van der Waals surface area contributed by atoms with Gasteiger partial charge < -0.3 is 19.9 Å². The lowest BCUT2D eigenvalue weighted by atomic mass is 9.72. The van der Waals surface area contributed by atoms with Gasteiger partial charge in [-0.3, -0.25) is 4.79 Å². The number of hydrogen-bond donors (Lipinski definition) is 2. The summed E-state index contributed by atoms with van der Waals surface area (Å²) in [6, 6.07) is 7.01. The highest BCUT2D eigenvalue weighted by atomic mass is 79.9. The van der Waals surface area contributed by atoms with Gasteiger partial charge in [0, 0.05) is 35.3 Å². The average Bonchev–Trinajstić information content (AvgIpc) is 2.89. The molecule has 1 aliphatic carbocycles. The van der Waals surface area contributed by atoms with Crippen molar-refractivity contribution in [1.82, 2.24) is 15.2 Å². The zero-order chi connectivity index (χ0) is 20.0. The number of carbonyl (C=O) groups is 1. The van der Waals surface area contributed by atoms with Crippen molar-refractivity contribution in [2.24, 2.45) is 5.92 Å². The second-order valence-corrected chi connectivity index (χ2v) is 9.89. The predicted octanol–water partition coefficient (Wildman–Crippen LogP) is 3.97. The maximum atomic E-state index is 12.6. The van der Waals surface area contributed by atoms with Gasteiger partial charge >= 0.3 is 5.97 Å². The number of fused-ring (bicyclic) bond motifs is 2. The third kappa shape index (κ3) is 3.64. The van der Waals surface area contributed by atoms with Gasteiger partial charge in [0.05, 0.1) is 11.2 Å². The molecule has 0 saturated carbocycles. The summed E-state index contributed by atoms with van der Waals surface area (Å²) in [6.07, 6.45) is 6.53. The van der Waals surface area contributed by atoms with Gasteiger partial charge in [-0.25, -0.2) is 0 Å². The Labute approximate surface area is 180 Å². The molecule has 2 N–H and O–H groups in total. The zero-order valence-electron chi connectivity index (χ0n) is 17.0. The third-order valence-corrected chi connectivity index (χ3v) is 7.87. The largest absolute Gasteiger partial charge is 0.464 e. The number of likely N-dealkylation sites (N-methyl/N-ethyl adjacent to an activating group) is 1. The van der Waals surface area contributed by atoms with Crippen LogP contribution in [0.25, 0.3) is 10.9 Å². The number of H-pyrrole nitrogens is 1. The Morgan fingerprint density at radius 2 is 2.21 bits per heavy atom. The molecule has 2 saturated heterocycles. The van der Waals surface area contributed by atoms with E-state index in [-0.39, 0.29) is 12.0 Å². The molecule has 2 aromatic rings. The van der Waals surface area contributed by atoms with Crippen LogP contribution in [0.1, 0.15) is 49.1 Å². The molecular formula is C23H30BrN3O2. The number of piperidine rings is 1. The van der Waals surface area contributed by atoms with E-state index < -0.39 is 0 Å². The Kier molecular flexibility index (Phi) is 5.43. The summed E-state index contributed by atoms with van der Waals surface area (Å²) in [6.45, 7) is 2.44. The normalized spacial score (nSPS) is 30.0. The smallest absolute Gasteiger partial charge is 0.323 e. The average molecular weight is 460 g/mol. The minimum Gasteiger partial charge on any atom is -0.464 e. The highest BCUT2D eigenvalue weighted by Crippen LogP contribution is 2.46. The standard InChI is InChI=1S/C23H30BrN3O2/c1-27-12-14(13-29-23(28)19-7-3-2-4-9-25-19)10-16-15-6-5-8-18-21(15)17(11-20(16)27)22(24)26-18/h5-6,8,14,16,19-20,25-26H,2-4,7,9-13H2,1H3/t14-,16?,19?,20-/m1/s1. The Morgan fingerprint density at radius 3 is 3.10 bits per heavy atom. The Balaban J connectivity index is 1.31. The van der Waals surface area contributed by atoms with E-state index in [0.29, 0.717) is 24.5 Å². The van der Waals surface area contributed by atoms with E-state index in [9.17, 15) is 4.79 Å². The number of rotatable bonds is 3. The van der Waals surface area contributed by atoms with Crippen molar-refractivity contribution >= 4 is 32.8 Å². The van der Waals surface area contributed by atoms with E-state index in [0.717, 1.165) is 49.8 Å². The van der Waals surface area contributed by atoms with Crippen molar-refractivity contribution < 1.29 is 9.53 Å². The minimum absolute atomic E-state index is 0.0562. The number of halogens is 1. The van der Waals surface area contributed by atoms with Gasteiger partial charge in [-0.15, -0.1) is 0 Å². The van der Waals surface area contributed by atoms with E-state index in [1.807, 2.05) is 0 Å². The maximum Gasteiger partial charge on any atom is 0.323 e. The number of esters is 1.